The first-order valence-electron chi connectivity index (χ1n) is 7.12. The third-order valence-corrected chi connectivity index (χ3v) is 3.97. The molecule has 0 aromatic heterocycles. The van der Waals surface area contributed by atoms with Crippen LogP contribution >= 0.6 is 0 Å². The first-order chi connectivity index (χ1) is 9.24. The van der Waals surface area contributed by atoms with Crippen LogP contribution in [0.4, 0.5) is 5.69 Å². The summed E-state index contributed by atoms with van der Waals surface area (Å²) in [5, 5.41) is 3.35. The molecule has 2 aliphatic rings. The number of anilines is 1. The molecule has 1 amide bonds. The fourth-order valence-electron chi connectivity index (χ4n) is 2.78. The highest BCUT2D eigenvalue weighted by Crippen LogP contribution is 2.27. The number of fused-ring (bicyclic) bond motifs is 1. The van der Waals surface area contributed by atoms with Crippen molar-refractivity contribution < 1.29 is 4.79 Å². The molecule has 1 aliphatic heterocycles. The van der Waals surface area contributed by atoms with Crippen LogP contribution in [0.2, 0.25) is 0 Å². The van der Waals surface area contributed by atoms with Gasteiger partial charge in [0.2, 0.25) is 5.91 Å². The van der Waals surface area contributed by atoms with Crippen LogP contribution in [0.1, 0.15) is 24.8 Å². The third-order valence-electron chi connectivity index (χ3n) is 3.97. The SMILES string of the molecule is NC(=O)C(CN1CCCc2ccccc21)NC1CC1. The number of nitrogens with one attached hydrogen (secondary N) is 1. The Bertz CT molecular complexity index is 470. The number of rotatable bonds is 5. The van der Waals surface area contributed by atoms with E-state index in [1.807, 2.05) is 0 Å². The molecule has 102 valence electrons. The van der Waals surface area contributed by atoms with Crippen molar-refractivity contribution in [1.82, 2.24) is 5.32 Å². The Labute approximate surface area is 114 Å². The zero-order valence-electron chi connectivity index (χ0n) is 11.1. The Morgan fingerprint density at radius 2 is 2.21 bits per heavy atom. The Kier molecular flexibility index (Phi) is 3.42. The van der Waals surface area contributed by atoms with Gasteiger partial charge in [-0.15, -0.1) is 0 Å². The second-order valence-corrected chi connectivity index (χ2v) is 5.57. The van der Waals surface area contributed by atoms with Crippen LogP contribution in [0.25, 0.3) is 0 Å². The molecular weight excluding hydrogens is 238 g/mol. The maximum atomic E-state index is 11.6. The van der Waals surface area contributed by atoms with Gasteiger partial charge in [0, 0.05) is 24.8 Å². The van der Waals surface area contributed by atoms with Crippen LogP contribution in [-0.2, 0) is 11.2 Å². The number of carbonyl (C=O) groups is 1. The highest BCUT2D eigenvalue weighted by Gasteiger charge is 2.29. The van der Waals surface area contributed by atoms with Gasteiger partial charge >= 0.3 is 0 Å². The minimum atomic E-state index is -0.241. The number of nitrogens with two attached hydrogens (primary N) is 1. The molecule has 0 radical (unpaired) electrons. The van der Waals surface area contributed by atoms with E-state index in [1.54, 1.807) is 0 Å². The van der Waals surface area contributed by atoms with Gasteiger partial charge in [-0.05, 0) is 37.3 Å². The Balaban J connectivity index is 1.73. The Hall–Kier alpha value is -1.55. The summed E-state index contributed by atoms with van der Waals surface area (Å²) in [5.41, 5.74) is 8.16. The summed E-state index contributed by atoms with van der Waals surface area (Å²) in [7, 11) is 0. The number of benzene rings is 1. The highest BCUT2D eigenvalue weighted by atomic mass is 16.1. The van der Waals surface area contributed by atoms with Crippen molar-refractivity contribution in [2.24, 2.45) is 5.73 Å². The molecule has 0 saturated heterocycles. The smallest absolute Gasteiger partial charge is 0.236 e. The number of carbonyl (C=O) groups excluding carboxylic acids is 1. The summed E-state index contributed by atoms with van der Waals surface area (Å²) in [6.07, 6.45) is 4.61. The standard InChI is InChI=1S/C15H21N3O/c16-15(19)13(17-12-7-8-12)10-18-9-3-5-11-4-1-2-6-14(11)18/h1-2,4,6,12-13,17H,3,5,7-10H2,(H2,16,19). The lowest BCUT2D eigenvalue weighted by molar-refractivity contribution is -0.119. The number of amides is 1. The van der Waals surface area contributed by atoms with Gasteiger partial charge in [-0.25, -0.2) is 0 Å². The van der Waals surface area contributed by atoms with E-state index in [9.17, 15) is 4.79 Å². The van der Waals surface area contributed by atoms with Crippen LogP contribution in [0.15, 0.2) is 24.3 Å². The molecule has 1 aliphatic carbocycles. The molecule has 3 rings (SSSR count). The van der Waals surface area contributed by atoms with Crippen molar-refractivity contribution in [3.63, 3.8) is 0 Å². The maximum absolute atomic E-state index is 11.6. The summed E-state index contributed by atoms with van der Waals surface area (Å²) in [4.78, 5) is 13.9. The molecule has 4 nitrogen and oxygen atoms in total. The molecule has 1 atom stereocenters. The number of aryl methyl sites for hydroxylation is 1. The lowest BCUT2D eigenvalue weighted by Gasteiger charge is -2.33. The van der Waals surface area contributed by atoms with Crippen LogP contribution in [-0.4, -0.2) is 31.1 Å². The predicted octanol–water partition coefficient (Wildman–Crippen LogP) is 1.05. The van der Waals surface area contributed by atoms with Gasteiger partial charge in [0.25, 0.3) is 0 Å². The largest absolute Gasteiger partial charge is 0.369 e. The van der Waals surface area contributed by atoms with E-state index in [2.05, 4.69) is 34.5 Å². The Morgan fingerprint density at radius 1 is 1.42 bits per heavy atom. The molecule has 1 saturated carbocycles. The molecule has 4 heteroatoms. The molecule has 0 spiro atoms. The lowest BCUT2D eigenvalue weighted by atomic mass is 10.0. The fourth-order valence-corrected chi connectivity index (χ4v) is 2.78. The fraction of sp³-hybridized carbons (Fsp3) is 0.533. The molecule has 1 aromatic rings. The van der Waals surface area contributed by atoms with E-state index in [0.717, 1.165) is 19.4 Å². The molecule has 1 aromatic carbocycles. The second kappa shape index (κ2) is 5.21. The van der Waals surface area contributed by atoms with Gasteiger partial charge in [0.1, 0.15) is 6.04 Å². The summed E-state index contributed by atoms with van der Waals surface area (Å²) in [5.74, 6) is -0.241. The van der Waals surface area contributed by atoms with Crippen molar-refractivity contribution in [3.05, 3.63) is 29.8 Å². The summed E-state index contributed by atoms with van der Waals surface area (Å²) in [6, 6.07) is 8.72. The molecule has 19 heavy (non-hydrogen) atoms. The van der Waals surface area contributed by atoms with Crippen LogP contribution in [0, 0.1) is 0 Å². The number of para-hydroxylation sites is 1. The maximum Gasteiger partial charge on any atom is 0.236 e. The first kappa shape index (κ1) is 12.5. The van der Waals surface area contributed by atoms with Crippen LogP contribution < -0.4 is 16.0 Å². The second-order valence-electron chi connectivity index (χ2n) is 5.57. The van der Waals surface area contributed by atoms with Gasteiger partial charge in [0.15, 0.2) is 0 Å². The number of primary amides is 1. The van der Waals surface area contributed by atoms with Crippen LogP contribution in [0.3, 0.4) is 0 Å². The number of hydrogen-bond donors (Lipinski definition) is 2. The van der Waals surface area contributed by atoms with Gasteiger partial charge in [-0.2, -0.15) is 0 Å². The van der Waals surface area contributed by atoms with Crippen molar-refractivity contribution in [2.75, 3.05) is 18.0 Å². The average molecular weight is 259 g/mol. The third kappa shape index (κ3) is 2.89. The zero-order valence-corrected chi connectivity index (χ0v) is 11.1. The van der Waals surface area contributed by atoms with Gasteiger partial charge in [0.05, 0.1) is 0 Å². The summed E-state index contributed by atoms with van der Waals surface area (Å²) >= 11 is 0. The normalized spacial score (nSPS) is 19.9. The number of hydrogen-bond acceptors (Lipinski definition) is 3. The van der Waals surface area contributed by atoms with E-state index in [1.165, 1.54) is 24.1 Å². The topological polar surface area (TPSA) is 58.4 Å². The minimum absolute atomic E-state index is 0.237. The van der Waals surface area contributed by atoms with Crippen molar-refractivity contribution in [1.29, 1.82) is 0 Å². The summed E-state index contributed by atoms with van der Waals surface area (Å²) in [6.45, 7) is 1.69. The van der Waals surface area contributed by atoms with Gasteiger partial charge < -0.3 is 16.0 Å². The van der Waals surface area contributed by atoms with Crippen LogP contribution in [0.5, 0.6) is 0 Å². The molecule has 1 heterocycles. The minimum Gasteiger partial charge on any atom is -0.369 e. The molecular formula is C15H21N3O. The van der Waals surface area contributed by atoms with Gasteiger partial charge in [-0.3, -0.25) is 4.79 Å². The van der Waals surface area contributed by atoms with Crippen molar-refractivity contribution in [2.45, 2.75) is 37.8 Å². The van der Waals surface area contributed by atoms with Crippen molar-refractivity contribution >= 4 is 11.6 Å². The molecule has 3 N–H and O–H groups in total. The quantitative estimate of drug-likeness (QED) is 0.831. The molecule has 0 bridgehead atoms. The number of nitrogens with zero attached hydrogens (tertiary/aromatic N) is 1. The summed E-state index contributed by atoms with van der Waals surface area (Å²) < 4.78 is 0. The van der Waals surface area contributed by atoms with E-state index >= 15 is 0 Å². The van der Waals surface area contributed by atoms with E-state index in [4.69, 9.17) is 5.73 Å². The predicted molar refractivity (Wildman–Crippen MR) is 76.1 cm³/mol. The van der Waals surface area contributed by atoms with Crippen molar-refractivity contribution in [3.8, 4) is 0 Å². The average Bonchev–Trinajstić information content (AvgIpc) is 3.22. The lowest BCUT2D eigenvalue weighted by Crippen LogP contribution is -2.51. The monoisotopic (exact) mass is 259 g/mol. The van der Waals surface area contributed by atoms with E-state index in [-0.39, 0.29) is 11.9 Å². The van der Waals surface area contributed by atoms with E-state index in [0.29, 0.717) is 12.6 Å². The first-order valence-corrected chi connectivity index (χ1v) is 7.12. The highest BCUT2D eigenvalue weighted by molar-refractivity contribution is 5.81. The van der Waals surface area contributed by atoms with E-state index < -0.39 is 0 Å². The zero-order chi connectivity index (χ0) is 13.2. The molecule has 1 unspecified atom stereocenters. The molecule has 1 fully saturated rings. The Morgan fingerprint density at radius 3 is 2.95 bits per heavy atom. The van der Waals surface area contributed by atoms with Gasteiger partial charge in [-0.1, -0.05) is 18.2 Å².